The van der Waals surface area contributed by atoms with Gasteiger partial charge in [0.25, 0.3) is 0 Å². The lowest BCUT2D eigenvalue weighted by Gasteiger charge is -1.92. The molecule has 0 aliphatic heterocycles. The van der Waals surface area contributed by atoms with Gasteiger partial charge in [-0.15, -0.1) is 0 Å². The Morgan fingerprint density at radius 3 is 2.60 bits per heavy atom. The number of nitrogens with zero attached hydrogens (tertiary/aromatic N) is 2. The molecule has 0 unspecified atom stereocenters. The molecule has 1 rings (SSSR count). The van der Waals surface area contributed by atoms with Gasteiger partial charge in [0.15, 0.2) is 0 Å². The average Bonchev–Trinajstić information content (AvgIpc) is 1.88. The fraction of sp³-hybridized carbons (Fsp3) is 0.167. The van der Waals surface area contributed by atoms with Crippen molar-refractivity contribution >= 4 is 5.91 Å². The Hall–Kier alpha value is -1.45. The van der Waals surface area contributed by atoms with E-state index in [2.05, 4.69) is 9.97 Å². The zero-order valence-electron chi connectivity index (χ0n) is 5.32. The third-order valence-corrected chi connectivity index (χ3v) is 0.992. The maximum absolute atomic E-state index is 10.3. The molecule has 0 atom stereocenters. The third-order valence-electron chi connectivity index (χ3n) is 0.992. The summed E-state index contributed by atoms with van der Waals surface area (Å²) in [5.41, 5.74) is 5.68. The summed E-state index contributed by atoms with van der Waals surface area (Å²) in [6.07, 6.45) is 4.75. The van der Waals surface area contributed by atoms with Crippen LogP contribution in [-0.2, 0) is 11.2 Å². The molecule has 0 aliphatic rings. The Labute approximate surface area is 58.1 Å². The van der Waals surface area contributed by atoms with Crippen molar-refractivity contribution in [2.45, 2.75) is 6.42 Å². The highest BCUT2D eigenvalue weighted by atomic mass is 16.1. The van der Waals surface area contributed by atoms with Crippen LogP contribution >= 0.6 is 0 Å². The van der Waals surface area contributed by atoms with Crippen LogP contribution < -0.4 is 5.73 Å². The molecule has 0 bridgehead atoms. The number of hydrogen-bond donors (Lipinski definition) is 1. The van der Waals surface area contributed by atoms with Gasteiger partial charge >= 0.3 is 0 Å². The van der Waals surface area contributed by atoms with E-state index in [9.17, 15) is 4.79 Å². The van der Waals surface area contributed by atoms with Crippen molar-refractivity contribution in [2.24, 2.45) is 5.73 Å². The Balaban J connectivity index is 2.67. The third kappa shape index (κ3) is 1.81. The zero-order chi connectivity index (χ0) is 7.40. The smallest absolute Gasteiger partial charge is 0.221 e. The Morgan fingerprint density at radius 2 is 2.10 bits per heavy atom. The van der Waals surface area contributed by atoms with Crippen LogP contribution in [-0.4, -0.2) is 15.9 Å². The van der Waals surface area contributed by atoms with Crippen molar-refractivity contribution < 1.29 is 4.79 Å². The molecule has 10 heavy (non-hydrogen) atoms. The van der Waals surface area contributed by atoms with Crippen molar-refractivity contribution in [1.29, 1.82) is 0 Å². The van der Waals surface area contributed by atoms with Crippen LogP contribution in [0.2, 0.25) is 0 Å². The second-order valence-corrected chi connectivity index (χ2v) is 1.89. The summed E-state index contributed by atoms with van der Waals surface area (Å²) in [5.74, 6) is -0.366. The number of carbonyl (C=O) groups is 1. The fourth-order valence-corrected chi connectivity index (χ4v) is 0.622. The van der Waals surface area contributed by atoms with E-state index in [4.69, 9.17) is 5.73 Å². The lowest BCUT2D eigenvalue weighted by Crippen LogP contribution is -2.13. The van der Waals surface area contributed by atoms with Gasteiger partial charge in [-0.05, 0) is 5.56 Å². The predicted molar refractivity (Wildman–Crippen MR) is 34.9 cm³/mol. The number of rotatable bonds is 2. The van der Waals surface area contributed by atoms with Gasteiger partial charge in [-0.2, -0.15) is 0 Å². The molecule has 1 heterocycles. The molecular weight excluding hydrogens is 130 g/mol. The molecule has 2 N–H and O–H groups in total. The quantitative estimate of drug-likeness (QED) is 0.597. The van der Waals surface area contributed by atoms with Gasteiger partial charge < -0.3 is 5.73 Å². The monoisotopic (exact) mass is 137 g/mol. The van der Waals surface area contributed by atoms with E-state index >= 15 is 0 Å². The fourth-order valence-electron chi connectivity index (χ4n) is 0.622. The number of hydrogen-bond acceptors (Lipinski definition) is 3. The summed E-state index contributed by atoms with van der Waals surface area (Å²) in [6.45, 7) is 0. The van der Waals surface area contributed by atoms with Crippen molar-refractivity contribution in [2.75, 3.05) is 0 Å². The lowest BCUT2D eigenvalue weighted by atomic mass is 10.2. The highest BCUT2D eigenvalue weighted by Gasteiger charge is 1.95. The number of carbonyl (C=O) groups excluding carboxylic acids is 1. The number of aromatic nitrogens is 2. The van der Waals surface area contributed by atoms with Gasteiger partial charge in [0.05, 0.1) is 6.42 Å². The van der Waals surface area contributed by atoms with Gasteiger partial charge in [-0.3, -0.25) is 4.79 Å². The molecule has 1 amide bonds. The highest BCUT2D eigenvalue weighted by molar-refractivity contribution is 5.76. The van der Waals surface area contributed by atoms with Gasteiger partial charge in [-0.1, -0.05) is 0 Å². The van der Waals surface area contributed by atoms with Crippen LogP contribution in [0.4, 0.5) is 0 Å². The molecule has 0 fully saturated rings. The van der Waals surface area contributed by atoms with Crippen LogP contribution in [0.15, 0.2) is 18.7 Å². The molecule has 1 aromatic heterocycles. The topological polar surface area (TPSA) is 68.9 Å². The van der Waals surface area contributed by atoms with Crippen LogP contribution in [0, 0.1) is 0 Å². The molecule has 0 radical (unpaired) electrons. The molecule has 0 saturated carbocycles. The van der Waals surface area contributed by atoms with Gasteiger partial charge in [0, 0.05) is 12.4 Å². The summed E-state index contributed by atoms with van der Waals surface area (Å²) in [7, 11) is 0. The van der Waals surface area contributed by atoms with Crippen molar-refractivity contribution in [3.8, 4) is 0 Å². The second-order valence-electron chi connectivity index (χ2n) is 1.89. The summed E-state index contributed by atoms with van der Waals surface area (Å²) in [4.78, 5) is 17.8. The molecule has 4 nitrogen and oxygen atoms in total. The standard InChI is InChI=1S/C6H7N3O/c7-6(10)1-5-2-8-4-9-3-5/h2-4H,1H2,(H2,7,10). The first-order valence-corrected chi connectivity index (χ1v) is 2.81. The summed E-state index contributed by atoms with van der Waals surface area (Å²) in [5, 5.41) is 0. The van der Waals surface area contributed by atoms with Gasteiger partial charge in [-0.25, -0.2) is 9.97 Å². The van der Waals surface area contributed by atoms with Crippen LogP contribution in [0.1, 0.15) is 5.56 Å². The Bertz CT molecular complexity index is 222. The minimum absolute atomic E-state index is 0.209. The Kier molecular flexibility index (Phi) is 1.94. The average molecular weight is 137 g/mol. The van der Waals surface area contributed by atoms with Crippen molar-refractivity contribution in [3.63, 3.8) is 0 Å². The molecule has 1 aromatic rings. The number of nitrogens with two attached hydrogens (primary N) is 1. The van der Waals surface area contributed by atoms with Gasteiger partial charge in [0.2, 0.25) is 5.91 Å². The predicted octanol–water partition coefficient (Wildman–Crippen LogP) is -0.496. The first-order valence-electron chi connectivity index (χ1n) is 2.81. The van der Waals surface area contributed by atoms with Gasteiger partial charge in [0.1, 0.15) is 6.33 Å². The molecule has 52 valence electrons. The van der Waals surface area contributed by atoms with Crippen LogP contribution in [0.25, 0.3) is 0 Å². The summed E-state index contributed by atoms with van der Waals surface area (Å²) >= 11 is 0. The maximum atomic E-state index is 10.3. The maximum Gasteiger partial charge on any atom is 0.221 e. The summed E-state index contributed by atoms with van der Waals surface area (Å²) in [6, 6.07) is 0. The normalized spacial score (nSPS) is 9.20. The zero-order valence-corrected chi connectivity index (χ0v) is 5.32. The Morgan fingerprint density at radius 1 is 1.50 bits per heavy atom. The van der Waals surface area contributed by atoms with E-state index in [0.717, 1.165) is 5.56 Å². The SMILES string of the molecule is NC(=O)Cc1cncnc1. The minimum atomic E-state index is -0.366. The second kappa shape index (κ2) is 2.91. The van der Waals surface area contributed by atoms with E-state index in [0.29, 0.717) is 0 Å². The van der Waals surface area contributed by atoms with E-state index in [1.807, 2.05) is 0 Å². The van der Waals surface area contributed by atoms with Crippen molar-refractivity contribution in [3.05, 3.63) is 24.3 Å². The first kappa shape index (κ1) is 6.67. The number of amides is 1. The lowest BCUT2D eigenvalue weighted by molar-refractivity contribution is -0.117. The van der Waals surface area contributed by atoms with Crippen molar-refractivity contribution in [1.82, 2.24) is 9.97 Å². The van der Waals surface area contributed by atoms with E-state index in [-0.39, 0.29) is 12.3 Å². The highest BCUT2D eigenvalue weighted by Crippen LogP contribution is 1.91. The summed E-state index contributed by atoms with van der Waals surface area (Å²) < 4.78 is 0. The van der Waals surface area contributed by atoms with Crippen LogP contribution in [0.5, 0.6) is 0 Å². The molecule has 0 aliphatic carbocycles. The minimum Gasteiger partial charge on any atom is -0.369 e. The first-order chi connectivity index (χ1) is 4.79. The van der Waals surface area contributed by atoms with E-state index in [1.54, 1.807) is 12.4 Å². The molecule has 0 aromatic carbocycles. The molecule has 4 heteroatoms. The largest absolute Gasteiger partial charge is 0.369 e. The molecular formula is C6H7N3O. The molecule has 0 saturated heterocycles. The van der Waals surface area contributed by atoms with E-state index in [1.165, 1.54) is 6.33 Å². The van der Waals surface area contributed by atoms with Crippen LogP contribution in [0.3, 0.4) is 0 Å². The number of primary amides is 1. The van der Waals surface area contributed by atoms with E-state index < -0.39 is 0 Å². The molecule has 0 spiro atoms.